The van der Waals surface area contributed by atoms with Crippen LogP contribution >= 0.6 is 15.9 Å². The number of aryl methyl sites for hydroxylation is 2. The van der Waals surface area contributed by atoms with Crippen molar-refractivity contribution in [3.63, 3.8) is 0 Å². The summed E-state index contributed by atoms with van der Waals surface area (Å²) >= 11 is 3.33. The van der Waals surface area contributed by atoms with Crippen LogP contribution in [0, 0.1) is 13.8 Å². The van der Waals surface area contributed by atoms with E-state index in [-0.39, 0.29) is 5.75 Å². The van der Waals surface area contributed by atoms with E-state index in [1.807, 2.05) is 19.1 Å². The molecule has 1 N–H and O–H groups in total. The van der Waals surface area contributed by atoms with Crippen molar-refractivity contribution in [3.8, 4) is 0 Å². The van der Waals surface area contributed by atoms with Gasteiger partial charge >= 0.3 is 0 Å². The molecule has 0 bridgehead atoms. The van der Waals surface area contributed by atoms with Crippen molar-refractivity contribution in [3.05, 3.63) is 45.8 Å². The molecule has 0 fully saturated rings. The topological polar surface area (TPSA) is 72.2 Å². The average molecular weight is 345 g/mol. The molecule has 1 heterocycles. The van der Waals surface area contributed by atoms with Crippen molar-refractivity contribution >= 4 is 31.6 Å². The SMILES string of the molecule is Cc1ccc(NS(=O)(=O)Cc2cc(C)on2)c(Br)c1. The van der Waals surface area contributed by atoms with Gasteiger partial charge in [-0.15, -0.1) is 0 Å². The first-order valence-electron chi connectivity index (χ1n) is 5.54. The summed E-state index contributed by atoms with van der Waals surface area (Å²) in [6.07, 6.45) is 0. The summed E-state index contributed by atoms with van der Waals surface area (Å²) < 4.78 is 32.1. The third kappa shape index (κ3) is 3.81. The van der Waals surface area contributed by atoms with Crippen LogP contribution in [0.4, 0.5) is 5.69 Å². The van der Waals surface area contributed by atoms with Crippen LogP contribution in [0.15, 0.2) is 33.3 Å². The smallest absolute Gasteiger partial charge is 0.238 e. The zero-order valence-corrected chi connectivity index (χ0v) is 12.9. The first-order chi connectivity index (χ1) is 8.85. The van der Waals surface area contributed by atoms with Gasteiger partial charge in [-0.25, -0.2) is 8.42 Å². The summed E-state index contributed by atoms with van der Waals surface area (Å²) in [7, 11) is -3.51. The normalized spacial score (nSPS) is 11.5. The molecule has 0 unspecified atom stereocenters. The lowest BCUT2D eigenvalue weighted by molar-refractivity contribution is 0.392. The van der Waals surface area contributed by atoms with E-state index in [0.29, 0.717) is 21.6 Å². The van der Waals surface area contributed by atoms with Crippen molar-refractivity contribution in [2.75, 3.05) is 4.72 Å². The van der Waals surface area contributed by atoms with Gasteiger partial charge in [-0.05, 0) is 47.5 Å². The molecule has 2 rings (SSSR count). The van der Waals surface area contributed by atoms with Gasteiger partial charge < -0.3 is 4.52 Å². The van der Waals surface area contributed by atoms with Crippen LogP contribution in [0.3, 0.4) is 0 Å². The van der Waals surface area contributed by atoms with Gasteiger partial charge in [0.15, 0.2) is 0 Å². The molecule has 2 aromatic rings. The second kappa shape index (κ2) is 5.34. The minimum atomic E-state index is -3.51. The van der Waals surface area contributed by atoms with E-state index in [4.69, 9.17) is 4.52 Å². The molecule has 19 heavy (non-hydrogen) atoms. The maximum Gasteiger partial charge on any atom is 0.238 e. The lowest BCUT2D eigenvalue weighted by Crippen LogP contribution is -2.15. The third-order valence-corrected chi connectivity index (χ3v) is 4.27. The third-order valence-electron chi connectivity index (χ3n) is 2.40. The molecule has 5 nitrogen and oxygen atoms in total. The summed E-state index contributed by atoms with van der Waals surface area (Å²) in [5, 5.41) is 3.67. The van der Waals surface area contributed by atoms with Crippen LogP contribution in [0.1, 0.15) is 17.0 Å². The Kier molecular flexibility index (Phi) is 3.96. The molecule has 0 radical (unpaired) electrons. The fourth-order valence-electron chi connectivity index (χ4n) is 1.59. The summed E-state index contributed by atoms with van der Waals surface area (Å²) in [6.45, 7) is 3.65. The van der Waals surface area contributed by atoms with Gasteiger partial charge in [0.25, 0.3) is 0 Å². The first-order valence-corrected chi connectivity index (χ1v) is 7.99. The number of benzene rings is 1. The Hall–Kier alpha value is -1.34. The predicted octanol–water partition coefficient (Wildman–Crippen LogP) is 3.00. The van der Waals surface area contributed by atoms with E-state index in [2.05, 4.69) is 25.8 Å². The van der Waals surface area contributed by atoms with Crippen molar-refractivity contribution in [2.24, 2.45) is 0 Å². The van der Waals surface area contributed by atoms with Crippen molar-refractivity contribution in [1.82, 2.24) is 5.16 Å². The molecule has 0 spiro atoms. The van der Waals surface area contributed by atoms with Gasteiger partial charge in [0.05, 0.1) is 5.69 Å². The van der Waals surface area contributed by atoms with Gasteiger partial charge in [0.2, 0.25) is 10.0 Å². The number of nitrogens with zero attached hydrogens (tertiary/aromatic N) is 1. The highest BCUT2D eigenvalue weighted by atomic mass is 79.9. The zero-order valence-electron chi connectivity index (χ0n) is 10.5. The number of anilines is 1. The Bertz CT molecular complexity index is 695. The van der Waals surface area contributed by atoms with Gasteiger partial charge in [-0.1, -0.05) is 11.2 Å². The molecule has 0 aliphatic carbocycles. The molecule has 0 atom stereocenters. The van der Waals surface area contributed by atoms with Crippen LogP contribution in [-0.2, 0) is 15.8 Å². The fraction of sp³-hybridized carbons (Fsp3) is 0.250. The lowest BCUT2D eigenvalue weighted by Gasteiger charge is -2.09. The van der Waals surface area contributed by atoms with E-state index >= 15 is 0 Å². The van der Waals surface area contributed by atoms with Crippen molar-refractivity contribution in [1.29, 1.82) is 0 Å². The highest BCUT2D eigenvalue weighted by Crippen LogP contribution is 2.25. The molecule has 0 aliphatic heterocycles. The maximum atomic E-state index is 12.0. The number of sulfonamides is 1. The Morgan fingerprint density at radius 2 is 2.05 bits per heavy atom. The summed E-state index contributed by atoms with van der Waals surface area (Å²) in [5.74, 6) is 0.367. The fourth-order valence-corrected chi connectivity index (χ4v) is 3.42. The standard InChI is InChI=1S/C12H13BrN2O3S/c1-8-3-4-12(11(13)5-8)15-19(16,17)7-10-6-9(2)18-14-10/h3-6,15H,7H2,1-2H3. The Morgan fingerprint density at radius 1 is 1.32 bits per heavy atom. The number of nitrogens with one attached hydrogen (secondary N) is 1. The molecule has 1 aromatic carbocycles. The molecular weight excluding hydrogens is 332 g/mol. The van der Waals surface area contributed by atoms with Crippen molar-refractivity contribution < 1.29 is 12.9 Å². The van der Waals surface area contributed by atoms with E-state index < -0.39 is 10.0 Å². The van der Waals surface area contributed by atoms with Crippen LogP contribution in [-0.4, -0.2) is 13.6 Å². The van der Waals surface area contributed by atoms with Gasteiger partial charge in [-0.2, -0.15) is 0 Å². The average Bonchev–Trinajstić information content (AvgIpc) is 2.67. The Balaban J connectivity index is 2.17. The number of aromatic nitrogens is 1. The quantitative estimate of drug-likeness (QED) is 0.925. The number of hydrogen-bond acceptors (Lipinski definition) is 4. The Labute approximate surface area is 120 Å². The maximum absolute atomic E-state index is 12.0. The van der Waals surface area contributed by atoms with Crippen LogP contribution in [0.5, 0.6) is 0 Å². The van der Waals surface area contributed by atoms with Crippen LogP contribution < -0.4 is 4.72 Å². The molecule has 102 valence electrons. The van der Waals surface area contributed by atoms with Gasteiger partial charge in [0.1, 0.15) is 17.2 Å². The molecule has 1 aromatic heterocycles. The number of halogens is 1. The monoisotopic (exact) mass is 344 g/mol. The minimum Gasteiger partial charge on any atom is -0.361 e. The predicted molar refractivity (Wildman–Crippen MR) is 76.4 cm³/mol. The highest BCUT2D eigenvalue weighted by Gasteiger charge is 2.16. The molecule has 0 amide bonds. The van der Waals surface area contributed by atoms with Gasteiger partial charge in [0, 0.05) is 10.5 Å². The first kappa shape index (κ1) is 14.1. The second-order valence-corrected chi connectivity index (χ2v) is 6.85. The molecule has 0 saturated heterocycles. The minimum absolute atomic E-state index is 0.218. The second-order valence-electron chi connectivity index (χ2n) is 4.27. The molecule has 0 aliphatic rings. The van der Waals surface area contributed by atoms with E-state index in [1.165, 1.54) is 0 Å². The van der Waals surface area contributed by atoms with Crippen LogP contribution in [0.25, 0.3) is 0 Å². The molecular formula is C12H13BrN2O3S. The zero-order chi connectivity index (χ0) is 14.0. The molecule has 7 heteroatoms. The number of hydrogen-bond donors (Lipinski definition) is 1. The lowest BCUT2D eigenvalue weighted by atomic mass is 10.2. The highest BCUT2D eigenvalue weighted by molar-refractivity contribution is 9.10. The van der Waals surface area contributed by atoms with E-state index in [1.54, 1.807) is 19.1 Å². The molecule has 0 saturated carbocycles. The summed E-state index contributed by atoms with van der Waals surface area (Å²) in [5.41, 5.74) is 1.93. The number of rotatable bonds is 4. The Morgan fingerprint density at radius 3 is 2.63 bits per heavy atom. The van der Waals surface area contributed by atoms with E-state index in [0.717, 1.165) is 5.56 Å². The largest absolute Gasteiger partial charge is 0.361 e. The summed E-state index contributed by atoms with van der Waals surface area (Å²) in [4.78, 5) is 0. The van der Waals surface area contributed by atoms with Crippen LogP contribution in [0.2, 0.25) is 0 Å². The van der Waals surface area contributed by atoms with Crippen molar-refractivity contribution in [2.45, 2.75) is 19.6 Å². The van der Waals surface area contributed by atoms with E-state index in [9.17, 15) is 8.42 Å². The van der Waals surface area contributed by atoms with Gasteiger partial charge in [-0.3, -0.25) is 4.72 Å². The summed E-state index contributed by atoms with van der Waals surface area (Å²) in [6, 6.07) is 7.00.